The number of piperidine rings is 1. The molecule has 0 N–H and O–H groups in total. The fourth-order valence-electron chi connectivity index (χ4n) is 2.80. The van der Waals surface area contributed by atoms with E-state index in [0.717, 1.165) is 18.6 Å². The van der Waals surface area contributed by atoms with E-state index in [-0.39, 0.29) is 0 Å². The Morgan fingerprint density at radius 3 is 2.61 bits per heavy atom. The number of likely N-dealkylation sites (tertiary alicyclic amines) is 1. The maximum absolute atomic E-state index is 4.34. The quantitative estimate of drug-likeness (QED) is 0.814. The van der Waals surface area contributed by atoms with Crippen LogP contribution in [0.3, 0.4) is 0 Å². The van der Waals surface area contributed by atoms with Gasteiger partial charge in [0.1, 0.15) is 5.52 Å². The van der Waals surface area contributed by atoms with Crippen molar-refractivity contribution in [3.8, 4) is 0 Å². The predicted molar refractivity (Wildman–Crippen MR) is 72.5 cm³/mol. The molecule has 1 aromatic carbocycles. The standard InChI is InChI=1S/C14H20N4/c1-11(2)17-9-7-12(8-10-17)18-14-6-4-3-5-13(14)15-16-18/h3-6,11-12H,7-10H2,1-2H3. The van der Waals surface area contributed by atoms with Crippen LogP contribution in [0.2, 0.25) is 0 Å². The largest absolute Gasteiger partial charge is 0.301 e. The highest BCUT2D eigenvalue weighted by atomic mass is 15.4. The summed E-state index contributed by atoms with van der Waals surface area (Å²) in [5, 5.41) is 8.58. The van der Waals surface area contributed by atoms with E-state index in [4.69, 9.17) is 0 Å². The number of aromatic nitrogens is 3. The molecule has 18 heavy (non-hydrogen) atoms. The number of benzene rings is 1. The van der Waals surface area contributed by atoms with Gasteiger partial charge in [-0.3, -0.25) is 0 Å². The smallest absolute Gasteiger partial charge is 0.113 e. The monoisotopic (exact) mass is 244 g/mol. The van der Waals surface area contributed by atoms with Crippen LogP contribution < -0.4 is 0 Å². The summed E-state index contributed by atoms with van der Waals surface area (Å²) in [5.41, 5.74) is 2.17. The molecule has 1 aliphatic rings. The SMILES string of the molecule is CC(C)N1CCC(n2nnc3ccccc32)CC1. The lowest BCUT2D eigenvalue weighted by molar-refractivity contribution is 0.148. The van der Waals surface area contributed by atoms with Crippen molar-refractivity contribution in [2.75, 3.05) is 13.1 Å². The molecule has 4 heteroatoms. The molecule has 0 atom stereocenters. The molecule has 0 unspecified atom stereocenters. The zero-order valence-corrected chi connectivity index (χ0v) is 11.1. The van der Waals surface area contributed by atoms with Crippen LogP contribution in [0.4, 0.5) is 0 Å². The Morgan fingerprint density at radius 2 is 1.89 bits per heavy atom. The second-order valence-electron chi connectivity index (χ2n) is 5.38. The van der Waals surface area contributed by atoms with Crippen molar-refractivity contribution < 1.29 is 0 Å². The highest BCUT2D eigenvalue weighted by Gasteiger charge is 2.23. The maximum Gasteiger partial charge on any atom is 0.113 e. The van der Waals surface area contributed by atoms with Gasteiger partial charge in [0.05, 0.1) is 11.6 Å². The Hall–Kier alpha value is -1.42. The number of hydrogen-bond donors (Lipinski definition) is 0. The molecule has 96 valence electrons. The summed E-state index contributed by atoms with van der Waals surface area (Å²) in [7, 11) is 0. The van der Waals surface area contributed by atoms with Crippen LogP contribution in [0.25, 0.3) is 11.0 Å². The Labute approximate surface area is 108 Å². The van der Waals surface area contributed by atoms with E-state index in [2.05, 4.69) is 45.9 Å². The second kappa shape index (κ2) is 4.69. The predicted octanol–water partition coefficient (Wildman–Crippen LogP) is 2.48. The van der Waals surface area contributed by atoms with Crippen LogP contribution in [0.1, 0.15) is 32.7 Å². The van der Waals surface area contributed by atoms with E-state index in [0.29, 0.717) is 12.1 Å². The fourth-order valence-corrected chi connectivity index (χ4v) is 2.80. The van der Waals surface area contributed by atoms with Crippen LogP contribution in [0, 0.1) is 0 Å². The molecule has 0 bridgehead atoms. The minimum Gasteiger partial charge on any atom is -0.301 e. The Balaban J connectivity index is 1.80. The van der Waals surface area contributed by atoms with E-state index < -0.39 is 0 Å². The van der Waals surface area contributed by atoms with Gasteiger partial charge in [0.25, 0.3) is 0 Å². The number of nitrogens with zero attached hydrogens (tertiary/aromatic N) is 4. The first kappa shape index (κ1) is 11.7. The normalized spacial score (nSPS) is 18.8. The molecule has 1 aromatic heterocycles. The van der Waals surface area contributed by atoms with Gasteiger partial charge >= 0.3 is 0 Å². The van der Waals surface area contributed by atoms with Crippen molar-refractivity contribution in [1.29, 1.82) is 0 Å². The Morgan fingerprint density at radius 1 is 1.17 bits per heavy atom. The number of hydrogen-bond acceptors (Lipinski definition) is 3. The van der Waals surface area contributed by atoms with E-state index in [1.807, 2.05) is 12.1 Å². The van der Waals surface area contributed by atoms with Gasteiger partial charge in [0.15, 0.2) is 0 Å². The molecule has 4 nitrogen and oxygen atoms in total. The summed E-state index contributed by atoms with van der Waals surface area (Å²) in [4.78, 5) is 2.54. The van der Waals surface area contributed by atoms with Crippen molar-refractivity contribution in [2.24, 2.45) is 0 Å². The molecule has 1 aliphatic heterocycles. The fraction of sp³-hybridized carbons (Fsp3) is 0.571. The molecular formula is C14H20N4. The van der Waals surface area contributed by atoms with E-state index in [1.54, 1.807) is 0 Å². The molecule has 0 amide bonds. The van der Waals surface area contributed by atoms with E-state index >= 15 is 0 Å². The van der Waals surface area contributed by atoms with Gasteiger partial charge in [-0.15, -0.1) is 5.10 Å². The summed E-state index contributed by atoms with van der Waals surface area (Å²) < 4.78 is 2.12. The second-order valence-corrected chi connectivity index (χ2v) is 5.38. The summed E-state index contributed by atoms with van der Waals surface area (Å²) in [6, 6.07) is 9.38. The third kappa shape index (κ3) is 2.01. The average molecular weight is 244 g/mol. The van der Waals surface area contributed by atoms with Gasteiger partial charge < -0.3 is 4.90 Å². The number of fused-ring (bicyclic) bond motifs is 1. The summed E-state index contributed by atoms with van der Waals surface area (Å²) >= 11 is 0. The minimum atomic E-state index is 0.507. The topological polar surface area (TPSA) is 34.0 Å². The number of para-hydroxylation sites is 1. The van der Waals surface area contributed by atoms with Crippen molar-refractivity contribution in [3.63, 3.8) is 0 Å². The molecule has 2 heterocycles. The Bertz CT molecular complexity index is 523. The third-order valence-corrected chi connectivity index (χ3v) is 3.95. The Kier molecular flexibility index (Phi) is 3.04. The van der Waals surface area contributed by atoms with Gasteiger partial charge in [0.2, 0.25) is 0 Å². The van der Waals surface area contributed by atoms with Crippen molar-refractivity contribution >= 4 is 11.0 Å². The van der Waals surface area contributed by atoms with Crippen LogP contribution in [-0.4, -0.2) is 39.0 Å². The summed E-state index contributed by atoms with van der Waals surface area (Å²) in [5.74, 6) is 0. The highest BCUT2D eigenvalue weighted by molar-refractivity contribution is 5.73. The first-order chi connectivity index (χ1) is 8.75. The van der Waals surface area contributed by atoms with E-state index in [1.165, 1.54) is 18.4 Å². The lowest BCUT2D eigenvalue weighted by Gasteiger charge is -2.34. The van der Waals surface area contributed by atoms with Crippen LogP contribution in [0.5, 0.6) is 0 Å². The van der Waals surface area contributed by atoms with Crippen LogP contribution in [0.15, 0.2) is 24.3 Å². The molecule has 0 aliphatic carbocycles. The summed E-state index contributed by atoms with van der Waals surface area (Å²) in [6.07, 6.45) is 2.34. The molecule has 0 saturated carbocycles. The van der Waals surface area contributed by atoms with Crippen molar-refractivity contribution in [2.45, 2.75) is 38.8 Å². The van der Waals surface area contributed by atoms with Gasteiger partial charge in [-0.1, -0.05) is 17.3 Å². The minimum absolute atomic E-state index is 0.507. The molecule has 0 spiro atoms. The molecule has 2 aromatic rings. The molecule has 0 radical (unpaired) electrons. The molecule has 1 saturated heterocycles. The summed E-state index contributed by atoms with van der Waals surface area (Å²) in [6.45, 7) is 6.86. The number of rotatable bonds is 2. The van der Waals surface area contributed by atoms with Crippen molar-refractivity contribution in [3.05, 3.63) is 24.3 Å². The third-order valence-electron chi connectivity index (χ3n) is 3.95. The van der Waals surface area contributed by atoms with Crippen LogP contribution in [-0.2, 0) is 0 Å². The molecular weight excluding hydrogens is 224 g/mol. The maximum atomic E-state index is 4.34. The van der Waals surface area contributed by atoms with Crippen molar-refractivity contribution in [1.82, 2.24) is 19.9 Å². The highest BCUT2D eigenvalue weighted by Crippen LogP contribution is 2.25. The lowest BCUT2D eigenvalue weighted by atomic mass is 10.0. The first-order valence-corrected chi connectivity index (χ1v) is 6.79. The van der Waals surface area contributed by atoms with Gasteiger partial charge in [-0.05, 0) is 38.8 Å². The zero-order chi connectivity index (χ0) is 12.5. The van der Waals surface area contributed by atoms with E-state index in [9.17, 15) is 0 Å². The lowest BCUT2D eigenvalue weighted by Crippen LogP contribution is -2.39. The molecule has 3 rings (SSSR count). The zero-order valence-electron chi connectivity index (χ0n) is 11.1. The average Bonchev–Trinajstić information content (AvgIpc) is 2.82. The van der Waals surface area contributed by atoms with Gasteiger partial charge in [0, 0.05) is 19.1 Å². The molecule has 1 fully saturated rings. The van der Waals surface area contributed by atoms with Gasteiger partial charge in [-0.25, -0.2) is 4.68 Å². The van der Waals surface area contributed by atoms with Crippen LogP contribution >= 0.6 is 0 Å². The van der Waals surface area contributed by atoms with Gasteiger partial charge in [-0.2, -0.15) is 0 Å². The first-order valence-electron chi connectivity index (χ1n) is 6.79.